The maximum absolute atomic E-state index is 11.8. The summed E-state index contributed by atoms with van der Waals surface area (Å²) >= 11 is 0. The predicted molar refractivity (Wildman–Crippen MR) is 63.7 cm³/mol. The third-order valence-corrected chi connectivity index (χ3v) is 5.80. The van der Waals surface area contributed by atoms with Gasteiger partial charge in [0, 0.05) is 12.8 Å². The first-order chi connectivity index (χ1) is 6.62. The van der Waals surface area contributed by atoms with Crippen molar-refractivity contribution in [1.29, 1.82) is 0 Å². The van der Waals surface area contributed by atoms with Crippen LogP contribution in [0.25, 0.3) is 0 Å². The van der Waals surface area contributed by atoms with Crippen LogP contribution in [-0.4, -0.2) is 33.0 Å². The lowest BCUT2D eigenvalue weighted by atomic mass is 9.62. The Kier molecular flexibility index (Phi) is 3.23. The summed E-state index contributed by atoms with van der Waals surface area (Å²) in [5, 5.41) is 3.01. The monoisotopic (exact) mass is 233 g/mol. The zero-order valence-corrected chi connectivity index (χ0v) is 11.2. The Labute approximate surface area is 93.6 Å². The van der Waals surface area contributed by atoms with Crippen LogP contribution in [0.15, 0.2) is 0 Å². The Hall–Kier alpha value is -0.0900. The normalized spacial score (nSPS) is 32.5. The average molecular weight is 233 g/mol. The van der Waals surface area contributed by atoms with E-state index in [4.69, 9.17) is 0 Å². The van der Waals surface area contributed by atoms with Gasteiger partial charge in [-0.25, -0.2) is 8.42 Å². The lowest BCUT2D eigenvalue weighted by molar-refractivity contribution is 0.0930. The summed E-state index contributed by atoms with van der Waals surface area (Å²) in [6.07, 6.45) is 2.97. The molecular weight excluding hydrogens is 210 g/mol. The first-order valence-corrected chi connectivity index (χ1v) is 7.36. The van der Waals surface area contributed by atoms with Crippen LogP contribution < -0.4 is 5.32 Å². The van der Waals surface area contributed by atoms with Gasteiger partial charge in [-0.2, -0.15) is 0 Å². The highest BCUT2D eigenvalue weighted by atomic mass is 32.2. The molecule has 0 spiro atoms. The standard InChI is InChI=1S/C11H23NO2S/c1-10(2,3)9-6-11(7-9,8-12-4)15(5,13)14/h9,12H,6-8H2,1-5H3. The second-order valence-electron chi connectivity index (χ2n) is 5.96. The summed E-state index contributed by atoms with van der Waals surface area (Å²) in [5.41, 5.74) is 0.224. The third kappa shape index (κ3) is 2.36. The van der Waals surface area contributed by atoms with Crippen LogP contribution in [0, 0.1) is 11.3 Å². The largest absolute Gasteiger partial charge is 0.318 e. The summed E-state index contributed by atoms with van der Waals surface area (Å²) in [6.45, 7) is 7.13. The maximum atomic E-state index is 11.8. The van der Waals surface area contributed by atoms with E-state index in [9.17, 15) is 8.42 Å². The van der Waals surface area contributed by atoms with Crippen LogP contribution in [0.2, 0.25) is 0 Å². The van der Waals surface area contributed by atoms with Crippen molar-refractivity contribution >= 4 is 9.84 Å². The summed E-state index contributed by atoms with van der Waals surface area (Å²) in [6, 6.07) is 0. The number of nitrogens with one attached hydrogen (secondary N) is 1. The molecule has 0 saturated heterocycles. The molecular formula is C11H23NO2S. The van der Waals surface area contributed by atoms with Gasteiger partial charge in [0.05, 0.1) is 4.75 Å². The van der Waals surface area contributed by atoms with Gasteiger partial charge in [0.1, 0.15) is 0 Å². The Morgan fingerprint density at radius 3 is 2.07 bits per heavy atom. The topological polar surface area (TPSA) is 46.2 Å². The van der Waals surface area contributed by atoms with Gasteiger partial charge in [0.15, 0.2) is 9.84 Å². The molecule has 0 aromatic rings. The van der Waals surface area contributed by atoms with E-state index in [1.165, 1.54) is 6.26 Å². The van der Waals surface area contributed by atoms with Gasteiger partial charge >= 0.3 is 0 Å². The Morgan fingerprint density at radius 2 is 1.80 bits per heavy atom. The lowest BCUT2D eigenvalue weighted by Gasteiger charge is -2.51. The van der Waals surface area contributed by atoms with Crippen LogP contribution in [0.4, 0.5) is 0 Å². The molecule has 0 bridgehead atoms. The van der Waals surface area contributed by atoms with Crippen LogP contribution in [-0.2, 0) is 9.84 Å². The molecule has 3 nitrogen and oxygen atoms in total. The highest BCUT2D eigenvalue weighted by Crippen LogP contribution is 2.51. The molecule has 1 saturated carbocycles. The smallest absolute Gasteiger partial charge is 0.154 e. The zero-order valence-electron chi connectivity index (χ0n) is 10.4. The molecule has 1 aliphatic rings. The first-order valence-electron chi connectivity index (χ1n) is 5.47. The molecule has 4 heteroatoms. The van der Waals surface area contributed by atoms with Crippen molar-refractivity contribution in [2.24, 2.45) is 11.3 Å². The molecule has 0 heterocycles. The second-order valence-corrected chi connectivity index (χ2v) is 8.37. The van der Waals surface area contributed by atoms with Gasteiger partial charge in [-0.05, 0) is 31.2 Å². The first kappa shape index (κ1) is 13.0. The fourth-order valence-electron chi connectivity index (χ4n) is 2.35. The minimum atomic E-state index is -2.95. The molecule has 0 aromatic heterocycles. The van der Waals surface area contributed by atoms with Crippen molar-refractivity contribution in [3.05, 3.63) is 0 Å². The highest BCUT2D eigenvalue weighted by Gasteiger charge is 2.54. The van der Waals surface area contributed by atoms with E-state index >= 15 is 0 Å². The molecule has 0 atom stereocenters. The molecule has 1 rings (SSSR count). The molecule has 1 fully saturated rings. The number of hydrogen-bond donors (Lipinski definition) is 1. The minimum absolute atomic E-state index is 0.224. The average Bonchev–Trinajstić information content (AvgIpc) is 1.90. The van der Waals surface area contributed by atoms with Gasteiger partial charge < -0.3 is 5.32 Å². The summed E-state index contributed by atoms with van der Waals surface area (Å²) in [7, 11) is -1.13. The molecule has 1 aliphatic carbocycles. The number of rotatable bonds is 3. The van der Waals surface area contributed by atoms with Gasteiger partial charge in [0.25, 0.3) is 0 Å². The fourth-order valence-corrected chi connectivity index (χ4v) is 3.77. The SMILES string of the molecule is CNCC1(S(C)(=O)=O)CC(C(C)(C)C)C1. The molecule has 90 valence electrons. The van der Waals surface area contributed by atoms with E-state index < -0.39 is 14.6 Å². The molecule has 0 aromatic carbocycles. The second kappa shape index (κ2) is 3.74. The van der Waals surface area contributed by atoms with Crippen LogP contribution >= 0.6 is 0 Å². The van der Waals surface area contributed by atoms with E-state index in [-0.39, 0.29) is 5.41 Å². The molecule has 0 unspecified atom stereocenters. The van der Waals surface area contributed by atoms with Crippen molar-refractivity contribution in [2.45, 2.75) is 38.4 Å². The lowest BCUT2D eigenvalue weighted by Crippen LogP contribution is -2.58. The van der Waals surface area contributed by atoms with Crippen LogP contribution in [0.1, 0.15) is 33.6 Å². The van der Waals surface area contributed by atoms with Gasteiger partial charge in [-0.15, -0.1) is 0 Å². The summed E-state index contributed by atoms with van der Waals surface area (Å²) < 4.78 is 23.0. The summed E-state index contributed by atoms with van der Waals surface area (Å²) in [4.78, 5) is 0. The van der Waals surface area contributed by atoms with Gasteiger partial charge in [-0.1, -0.05) is 20.8 Å². The molecule has 15 heavy (non-hydrogen) atoms. The predicted octanol–water partition coefficient (Wildman–Crippen LogP) is 1.45. The van der Waals surface area contributed by atoms with Crippen molar-refractivity contribution in [3.63, 3.8) is 0 Å². The van der Waals surface area contributed by atoms with Crippen molar-refractivity contribution in [1.82, 2.24) is 5.32 Å². The molecule has 0 amide bonds. The quantitative estimate of drug-likeness (QED) is 0.802. The third-order valence-electron chi connectivity index (χ3n) is 3.75. The van der Waals surface area contributed by atoms with E-state index in [2.05, 4.69) is 26.1 Å². The van der Waals surface area contributed by atoms with E-state index in [0.29, 0.717) is 12.5 Å². The summed E-state index contributed by atoms with van der Waals surface area (Å²) in [5.74, 6) is 0.528. The maximum Gasteiger partial charge on any atom is 0.154 e. The van der Waals surface area contributed by atoms with Crippen molar-refractivity contribution < 1.29 is 8.42 Å². The molecule has 1 N–H and O–H groups in total. The van der Waals surface area contributed by atoms with E-state index in [1.807, 2.05) is 7.05 Å². The van der Waals surface area contributed by atoms with Crippen LogP contribution in [0.5, 0.6) is 0 Å². The minimum Gasteiger partial charge on any atom is -0.318 e. The Balaban J connectivity index is 2.78. The van der Waals surface area contributed by atoms with Crippen molar-refractivity contribution in [3.8, 4) is 0 Å². The highest BCUT2D eigenvalue weighted by molar-refractivity contribution is 7.92. The van der Waals surface area contributed by atoms with E-state index in [0.717, 1.165) is 12.8 Å². The van der Waals surface area contributed by atoms with Crippen LogP contribution in [0.3, 0.4) is 0 Å². The zero-order chi connectivity index (χ0) is 11.9. The van der Waals surface area contributed by atoms with Crippen molar-refractivity contribution in [2.75, 3.05) is 19.8 Å². The molecule has 0 aliphatic heterocycles. The number of hydrogen-bond acceptors (Lipinski definition) is 3. The van der Waals surface area contributed by atoms with Gasteiger partial charge in [0.2, 0.25) is 0 Å². The Morgan fingerprint density at radius 1 is 1.33 bits per heavy atom. The fraction of sp³-hybridized carbons (Fsp3) is 1.00. The molecule has 0 radical (unpaired) electrons. The van der Waals surface area contributed by atoms with E-state index in [1.54, 1.807) is 0 Å². The Bertz CT molecular complexity index is 321. The van der Waals surface area contributed by atoms with Gasteiger partial charge in [-0.3, -0.25) is 0 Å². The number of sulfone groups is 1.